The summed E-state index contributed by atoms with van der Waals surface area (Å²) >= 11 is 1.70. The van der Waals surface area contributed by atoms with Crippen molar-refractivity contribution < 1.29 is 9.59 Å². The number of carbonyl (C=O) groups excluding carboxylic acids is 2. The molecule has 2 aromatic rings. The largest absolute Gasteiger partial charge is 0.339 e. The number of amides is 2. The second-order valence-electron chi connectivity index (χ2n) is 6.77. The van der Waals surface area contributed by atoms with E-state index in [9.17, 15) is 9.59 Å². The summed E-state index contributed by atoms with van der Waals surface area (Å²) in [5.41, 5.74) is 2.48. The molecule has 1 aliphatic rings. The van der Waals surface area contributed by atoms with Gasteiger partial charge in [0, 0.05) is 43.9 Å². The third-order valence-electron chi connectivity index (χ3n) is 5.02. The Morgan fingerprint density at radius 3 is 2.08 bits per heavy atom. The molecule has 0 atom stereocenters. The van der Waals surface area contributed by atoms with Crippen LogP contribution in [0.25, 0.3) is 0 Å². The molecule has 4 nitrogen and oxygen atoms in total. The molecule has 1 aliphatic heterocycles. The van der Waals surface area contributed by atoms with E-state index in [0.717, 1.165) is 12.8 Å². The molecule has 0 spiro atoms. The van der Waals surface area contributed by atoms with Crippen LogP contribution < -0.4 is 0 Å². The quantitative estimate of drug-likeness (QED) is 0.783. The normalized spacial score (nSPS) is 14.5. The van der Waals surface area contributed by atoms with Crippen LogP contribution in [0.1, 0.15) is 28.8 Å². The first-order chi connectivity index (χ1) is 12.6. The molecular weight excluding hydrogens is 344 g/mol. The first kappa shape index (κ1) is 18.6. The zero-order valence-electron chi connectivity index (χ0n) is 15.3. The number of carbonyl (C=O) groups is 2. The average molecular weight is 371 g/mol. The molecule has 0 bridgehead atoms. The number of thiophene rings is 1. The van der Waals surface area contributed by atoms with Crippen molar-refractivity contribution in [3.05, 3.63) is 57.8 Å². The molecule has 1 aromatic heterocycles. The Balaban J connectivity index is 1.40. The van der Waals surface area contributed by atoms with Crippen LogP contribution >= 0.6 is 11.3 Å². The maximum absolute atomic E-state index is 12.5. The summed E-state index contributed by atoms with van der Waals surface area (Å²) in [6.45, 7) is 4.69. The number of piperazine rings is 1. The van der Waals surface area contributed by atoms with Crippen LogP contribution in [-0.4, -0.2) is 47.8 Å². The van der Waals surface area contributed by atoms with Crippen LogP contribution in [-0.2, 0) is 22.4 Å². The molecule has 26 heavy (non-hydrogen) atoms. The van der Waals surface area contributed by atoms with Crippen molar-refractivity contribution in [1.82, 2.24) is 9.80 Å². The number of benzene rings is 1. The standard InChI is InChI=1S/C21H26N2O2S/c1-17-5-2-3-6-18(17)8-10-20(24)22-12-14-23(15-13-22)21(25)11-9-19-7-4-16-26-19/h2-7,16H,8-15H2,1H3. The summed E-state index contributed by atoms with van der Waals surface area (Å²) in [4.78, 5) is 29.9. The van der Waals surface area contributed by atoms with E-state index in [2.05, 4.69) is 25.1 Å². The Morgan fingerprint density at radius 1 is 0.885 bits per heavy atom. The number of hydrogen-bond donors (Lipinski definition) is 0. The molecule has 2 heterocycles. The van der Waals surface area contributed by atoms with Gasteiger partial charge < -0.3 is 9.80 Å². The van der Waals surface area contributed by atoms with Gasteiger partial charge in [-0.3, -0.25) is 9.59 Å². The van der Waals surface area contributed by atoms with Gasteiger partial charge in [0.05, 0.1) is 0 Å². The highest BCUT2D eigenvalue weighted by molar-refractivity contribution is 7.09. The van der Waals surface area contributed by atoms with Crippen molar-refractivity contribution in [1.29, 1.82) is 0 Å². The van der Waals surface area contributed by atoms with E-state index < -0.39 is 0 Å². The molecule has 3 rings (SSSR count). The van der Waals surface area contributed by atoms with Crippen LogP contribution in [0.4, 0.5) is 0 Å². The molecule has 2 amide bonds. The molecule has 5 heteroatoms. The fourth-order valence-corrected chi connectivity index (χ4v) is 4.05. The minimum atomic E-state index is 0.193. The van der Waals surface area contributed by atoms with E-state index in [0.29, 0.717) is 39.0 Å². The first-order valence-electron chi connectivity index (χ1n) is 9.26. The molecule has 1 aromatic carbocycles. The van der Waals surface area contributed by atoms with E-state index in [-0.39, 0.29) is 11.8 Å². The Morgan fingerprint density at radius 2 is 1.50 bits per heavy atom. The van der Waals surface area contributed by atoms with Gasteiger partial charge in [-0.1, -0.05) is 30.3 Å². The minimum Gasteiger partial charge on any atom is -0.339 e. The predicted octanol–water partition coefficient (Wildman–Crippen LogP) is 3.29. The Kier molecular flexibility index (Phi) is 6.45. The Hall–Kier alpha value is -2.14. The summed E-state index contributed by atoms with van der Waals surface area (Å²) < 4.78 is 0. The summed E-state index contributed by atoms with van der Waals surface area (Å²) in [5, 5.41) is 2.04. The van der Waals surface area contributed by atoms with Crippen LogP contribution in [0.2, 0.25) is 0 Å². The van der Waals surface area contributed by atoms with E-state index >= 15 is 0 Å². The first-order valence-corrected chi connectivity index (χ1v) is 10.1. The van der Waals surface area contributed by atoms with Gasteiger partial charge in [0.1, 0.15) is 0 Å². The fraction of sp³-hybridized carbons (Fsp3) is 0.429. The maximum atomic E-state index is 12.5. The highest BCUT2D eigenvalue weighted by Crippen LogP contribution is 2.14. The molecule has 0 aliphatic carbocycles. The molecule has 0 saturated carbocycles. The van der Waals surface area contributed by atoms with E-state index in [1.165, 1.54) is 16.0 Å². The fourth-order valence-electron chi connectivity index (χ4n) is 3.34. The van der Waals surface area contributed by atoms with E-state index in [4.69, 9.17) is 0 Å². The Bertz CT molecular complexity index is 734. The lowest BCUT2D eigenvalue weighted by Gasteiger charge is -2.35. The summed E-state index contributed by atoms with van der Waals surface area (Å²) in [6.07, 6.45) is 2.69. The highest BCUT2D eigenvalue weighted by atomic mass is 32.1. The molecule has 0 radical (unpaired) electrons. The molecule has 0 unspecified atom stereocenters. The number of hydrogen-bond acceptors (Lipinski definition) is 3. The molecule has 0 N–H and O–H groups in total. The maximum Gasteiger partial charge on any atom is 0.223 e. The van der Waals surface area contributed by atoms with Gasteiger partial charge in [-0.15, -0.1) is 11.3 Å². The third-order valence-corrected chi connectivity index (χ3v) is 5.96. The lowest BCUT2D eigenvalue weighted by atomic mass is 10.0. The molecule has 1 saturated heterocycles. The monoisotopic (exact) mass is 370 g/mol. The number of nitrogens with zero attached hydrogens (tertiary/aromatic N) is 2. The lowest BCUT2D eigenvalue weighted by Crippen LogP contribution is -2.50. The van der Waals surface area contributed by atoms with Gasteiger partial charge in [0.2, 0.25) is 11.8 Å². The van der Waals surface area contributed by atoms with Crippen molar-refractivity contribution in [2.45, 2.75) is 32.6 Å². The second-order valence-corrected chi connectivity index (χ2v) is 7.80. The molecule has 1 fully saturated rings. The van der Waals surface area contributed by atoms with E-state index in [1.54, 1.807) is 11.3 Å². The van der Waals surface area contributed by atoms with Gasteiger partial charge in [-0.25, -0.2) is 0 Å². The van der Waals surface area contributed by atoms with Gasteiger partial charge in [-0.05, 0) is 42.3 Å². The second kappa shape index (κ2) is 8.99. The molecular formula is C21H26N2O2S. The topological polar surface area (TPSA) is 40.6 Å². The van der Waals surface area contributed by atoms with Crippen LogP contribution in [0.15, 0.2) is 41.8 Å². The Labute approximate surface area is 159 Å². The molecule has 138 valence electrons. The number of rotatable bonds is 6. The predicted molar refractivity (Wildman–Crippen MR) is 105 cm³/mol. The lowest BCUT2D eigenvalue weighted by molar-refractivity contribution is -0.139. The summed E-state index contributed by atoms with van der Waals surface area (Å²) in [5.74, 6) is 0.393. The van der Waals surface area contributed by atoms with Gasteiger partial charge in [0.15, 0.2) is 0 Å². The smallest absolute Gasteiger partial charge is 0.223 e. The zero-order valence-corrected chi connectivity index (χ0v) is 16.1. The van der Waals surface area contributed by atoms with Crippen molar-refractivity contribution >= 4 is 23.2 Å². The van der Waals surface area contributed by atoms with Crippen molar-refractivity contribution in [3.63, 3.8) is 0 Å². The summed E-state index contributed by atoms with van der Waals surface area (Å²) in [6, 6.07) is 12.3. The zero-order chi connectivity index (χ0) is 18.4. The van der Waals surface area contributed by atoms with Crippen molar-refractivity contribution in [3.8, 4) is 0 Å². The number of aryl methyl sites for hydroxylation is 3. The van der Waals surface area contributed by atoms with Crippen LogP contribution in [0.3, 0.4) is 0 Å². The summed E-state index contributed by atoms with van der Waals surface area (Å²) in [7, 11) is 0. The van der Waals surface area contributed by atoms with Crippen LogP contribution in [0, 0.1) is 6.92 Å². The minimum absolute atomic E-state index is 0.193. The van der Waals surface area contributed by atoms with Gasteiger partial charge in [-0.2, -0.15) is 0 Å². The third kappa shape index (κ3) is 4.94. The SMILES string of the molecule is Cc1ccccc1CCC(=O)N1CCN(C(=O)CCc2cccs2)CC1. The average Bonchev–Trinajstić information content (AvgIpc) is 3.19. The van der Waals surface area contributed by atoms with Gasteiger partial charge in [0.25, 0.3) is 0 Å². The van der Waals surface area contributed by atoms with Gasteiger partial charge >= 0.3 is 0 Å². The van der Waals surface area contributed by atoms with Crippen molar-refractivity contribution in [2.75, 3.05) is 26.2 Å². The van der Waals surface area contributed by atoms with E-state index in [1.807, 2.05) is 33.4 Å². The highest BCUT2D eigenvalue weighted by Gasteiger charge is 2.23. The van der Waals surface area contributed by atoms with Crippen LogP contribution in [0.5, 0.6) is 0 Å². The van der Waals surface area contributed by atoms with Crippen molar-refractivity contribution in [2.24, 2.45) is 0 Å².